The quantitative estimate of drug-likeness (QED) is 0.0779. The van der Waals surface area contributed by atoms with E-state index in [1.54, 1.807) is 6.07 Å². The molecule has 1 aromatic rings. The summed E-state index contributed by atoms with van der Waals surface area (Å²) in [5.74, 6) is 0.858. The molecule has 0 bridgehead atoms. The van der Waals surface area contributed by atoms with Crippen LogP contribution in [0.5, 0.6) is 17.2 Å². The Hall–Kier alpha value is -1.47. The molecule has 1 N–H and O–H groups in total. The Morgan fingerprint density at radius 2 is 0.850 bits per heavy atom. The van der Waals surface area contributed by atoms with Gasteiger partial charge in [0.1, 0.15) is 4.90 Å². The van der Waals surface area contributed by atoms with Gasteiger partial charge in [0.05, 0.1) is 19.8 Å². The zero-order valence-electron chi connectivity index (χ0n) is 26.0. The van der Waals surface area contributed by atoms with Crippen molar-refractivity contribution in [1.29, 1.82) is 0 Å². The first-order chi connectivity index (χ1) is 19.5. The average Bonchev–Trinajstić information content (AvgIpc) is 2.93. The fraction of sp³-hybridized carbons (Fsp3) is 0.818. The minimum absolute atomic E-state index is 0.0773. The standard InChI is InChI=1S/C33H60O6S/c1-4-7-10-13-16-19-22-27-37-30-25-26-31(40(34,35)36)33(39-29-24-21-18-15-12-9-6-3)32(30)38-28-23-20-17-14-11-8-5-2/h25-26H,4-24,27-29H2,1-3H3,(H,34,35,36). The molecule has 0 fully saturated rings. The summed E-state index contributed by atoms with van der Waals surface area (Å²) in [7, 11) is -4.48. The van der Waals surface area contributed by atoms with Crippen molar-refractivity contribution in [1.82, 2.24) is 0 Å². The Balaban J connectivity index is 2.84. The highest BCUT2D eigenvalue weighted by atomic mass is 32.2. The minimum atomic E-state index is -4.48. The maximum absolute atomic E-state index is 12.2. The minimum Gasteiger partial charge on any atom is -0.490 e. The molecule has 0 spiro atoms. The number of hydrogen-bond donors (Lipinski definition) is 1. The largest absolute Gasteiger partial charge is 0.490 e. The first-order valence-corrected chi connectivity index (χ1v) is 17.9. The predicted molar refractivity (Wildman–Crippen MR) is 167 cm³/mol. The Kier molecular flexibility index (Phi) is 22.1. The molecule has 0 aliphatic carbocycles. The predicted octanol–water partition coefficient (Wildman–Crippen LogP) is 10.3. The highest BCUT2D eigenvalue weighted by Crippen LogP contribution is 2.43. The maximum atomic E-state index is 12.2. The third-order valence-corrected chi connectivity index (χ3v) is 8.19. The first kappa shape index (κ1) is 36.6. The Labute approximate surface area is 246 Å². The molecule has 6 nitrogen and oxygen atoms in total. The van der Waals surface area contributed by atoms with Gasteiger partial charge in [-0.1, -0.05) is 136 Å². The molecule has 0 saturated heterocycles. The molecule has 7 heteroatoms. The highest BCUT2D eigenvalue weighted by Gasteiger charge is 2.25. The second-order valence-corrected chi connectivity index (χ2v) is 12.5. The lowest BCUT2D eigenvalue weighted by molar-refractivity contribution is 0.230. The van der Waals surface area contributed by atoms with E-state index in [0.29, 0.717) is 31.3 Å². The molecule has 1 rings (SSSR count). The molecule has 1 aromatic carbocycles. The summed E-state index contributed by atoms with van der Waals surface area (Å²) in [6.45, 7) is 8.00. The number of rotatable bonds is 28. The van der Waals surface area contributed by atoms with Gasteiger partial charge in [-0.05, 0) is 31.4 Å². The molecule has 234 valence electrons. The van der Waals surface area contributed by atoms with Crippen molar-refractivity contribution in [2.24, 2.45) is 0 Å². The highest BCUT2D eigenvalue weighted by molar-refractivity contribution is 7.86. The van der Waals surface area contributed by atoms with E-state index in [9.17, 15) is 13.0 Å². The van der Waals surface area contributed by atoms with Gasteiger partial charge in [-0.25, -0.2) is 0 Å². The van der Waals surface area contributed by atoms with Crippen LogP contribution in [-0.2, 0) is 10.1 Å². The molecule has 0 aliphatic rings. The number of unbranched alkanes of at least 4 members (excludes halogenated alkanes) is 18. The van der Waals surface area contributed by atoms with Crippen LogP contribution in [0, 0.1) is 0 Å². The van der Waals surface area contributed by atoms with E-state index in [-0.39, 0.29) is 10.6 Å². The Morgan fingerprint density at radius 3 is 1.25 bits per heavy atom. The van der Waals surface area contributed by atoms with Crippen molar-refractivity contribution in [3.63, 3.8) is 0 Å². The van der Waals surface area contributed by atoms with Crippen LogP contribution in [-0.4, -0.2) is 32.8 Å². The fourth-order valence-electron chi connectivity index (χ4n) is 4.82. The number of benzene rings is 1. The van der Waals surface area contributed by atoms with Crippen LogP contribution in [0.2, 0.25) is 0 Å². The summed E-state index contributed by atoms with van der Waals surface area (Å²) in [4.78, 5) is -0.256. The van der Waals surface area contributed by atoms with E-state index in [4.69, 9.17) is 14.2 Å². The van der Waals surface area contributed by atoms with Crippen molar-refractivity contribution in [2.75, 3.05) is 19.8 Å². The topological polar surface area (TPSA) is 82.1 Å². The number of ether oxygens (including phenoxy) is 3. The van der Waals surface area contributed by atoms with Crippen molar-refractivity contribution in [3.05, 3.63) is 12.1 Å². The monoisotopic (exact) mass is 584 g/mol. The van der Waals surface area contributed by atoms with E-state index < -0.39 is 10.1 Å². The van der Waals surface area contributed by atoms with Gasteiger partial charge in [-0.3, -0.25) is 4.55 Å². The molecular weight excluding hydrogens is 524 g/mol. The molecule has 0 amide bonds. The van der Waals surface area contributed by atoms with E-state index in [1.165, 1.54) is 89.5 Å². The summed E-state index contributed by atoms with van der Waals surface area (Å²) in [5.41, 5.74) is 0. The van der Waals surface area contributed by atoms with Gasteiger partial charge in [-0.2, -0.15) is 8.42 Å². The molecule has 0 saturated carbocycles. The zero-order chi connectivity index (χ0) is 29.3. The first-order valence-electron chi connectivity index (χ1n) is 16.5. The van der Waals surface area contributed by atoms with Crippen LogP contribution >= 0.6 is 0 Å². The molecule has 0 radical (unpaired) electrons. The van der Waals surface area contributed by atoms with E-state index in [2.05, 4.69) is 20.8 Å². The average molecular weight is 585 g/mol. The van der Waals surface area contributed by atoms with Crippen LogP contribution in [0.25, 0.3) is 0 Å². The fourth-order valence-corrected chi connectivity index (χ4v) is 5.45. The molecule has 0 heterocycles. The lowest BCUT2D eigenvalue weighted by atomic mass is 10.1. The van der Waals surface area contributed by atoms with Crippen molar-refractivity contribution in [2.45, 2.75) is 161 Å². The van der Waals surface area contributed by atoms with Gasteiger partial charge in [0.15, 0.2) is 11.5 Å². The van der Waals surface area contributed by atoms with Crippen molar-refractivity contribution >= 4 is 10.1 Å². The normalized spacial score (nSPS) is 11.6. The van der Waals surface area contributed by atoms with Gasteiger partial charge < -0.3 is 14.2 Å². The van der Waals surface area contributed by atoms with Crippen molar-refractivity contribution in [3.8, 4) is 17.2 Å². The van der Waals surface area contributed by atoms with Gasteiger partial charge in [0.2, 0.25) is 5.75 Å². The van der Waals surface area contributed by atoms with Crippen molar-refractivity contribution < 1.29 is 27.2 Å². The van der Waals surface area contributed by atoms with Gasteiger partial charge in [-0.15, -0.1) is 0 Å². The zero-order valence-corrected chi connectivity index (χ0v) is 26.8. The van der Waals surface area contributed by atoms with E-state index >= 15 is 0 Å². The molecule has 0 atom stereocenters. The summed E-state index contributed by atoms with van der Waals surface area (Å²) >= 11 is 0. The van der Waals surface area contributed by atoms with Crippen LogP contribution in [0.1, 0.15) is 156 Å². The lowest BCUT2D eigenvalue weighted by Crippen LogP contribution is -2.10. The van der Waals surface area contributed by atoms with Gasteiger partial charge in [0, 0.05) is 0 Å². The SMILES string of the molecule is CCCCCCCCCOc1ccc(S(=O)(=O)O)c(OCCCCCCCCC)c1OCCCCCCCCC. The lowest BCUT2D eigenvalue weighted by Gasteiger charge is -2.19. The van der Waals surface area contributed by atoms with Gasteiger partial charge >= 0.3 is 0 Å². The van der Waals surface area contributed by atoms with Gasteiger partial charge in [0.25, 0.3) is 10.1 Å². The summed E-state index contributed by atoms with van der Waals surface area (Å²) in [6, 6.07) is 2.96. The molecule has 0 aliphatic heterocycles. The summed E-state index contributed by atoms with van der Waals surface area (Å²) in [6.07, 6.45) is 24.3. The van der Waals surface area contributed by atoms with E-state index in [1.807, 2.05) is 0 Å². The molecule has 0 unspecified atom stereocenters. The Morgan fingerprint density at radius 1 is 0.500 bits per heavy atom. The summed E-state index contributed by atoms with van der Waals surface area (Å²) in [5, 5.41) is 0. The third kappa shape index (κ3) is 17.4. The number of hydrogen-bond acceptors (Lipinski definition) is 5. The van der Waals surface area contributed by atoms with E-state index in [0.717, 1.165) is 51.4 Å². The molecule has 0 aromatic heterocycles. The second kappa shape index (κ2) is 24.2. The summed E-state index contributed by atoms with van der Waals surface area (Å²) < 4.78 is 52.7. The van der Waals surface area contributed by atoms with Crippen LogP contribution in [0.15, 0.2) is 17.0 Å². The third-order valence-electron chi connectivity index (χ3n) is 7.31. The maximum Gasteiger partial charge on any atom is 0.298 e. The van der Waals surface area contributed by atoms with Crippen LogP contribution in [0.4, 0.5) is 0 Å². The Bertz CT molecular complexity index is 840. The smallest absolute Gasteiger partial charge is 0.298 e. The molecular formula is C33H60O6S. The van der Waals surface area contributed by atoms with Crippen LogP contribution < -0.4 is 14.2 Å². The molecule has 40 heavy (non-hydrogen) atoms. The second-order valence-electron chi connectivity index (χ2n) is 11.1. The van der Waals surface area contributed by atoms with Crippen LogP contribution in [0.3, 0.4) is 0 Å².